The fraction of sp³-hybridized carbons (Fsp3) is 0.524. The number of carbonyl (C=O) groups is 2. The molecule has 1 aromatic heterocycles. The van der Waals surface area contributed by atoms with Crippen LogP contribution in [0.25, 0.3) is 10.9 Å². The van der Waals surface area contributed by atoms with Gasteiger partial charge in [0.1, 0.15) is 5.69 Å². The summed E-state index contributed by atoms with van der Waals surface area (Å²) >= 11 is 0. The van der Waals surface area contributed by atoms with Crippen LogP contribution in [0.2, 0.25) is 0 Å². The van der Waals surface area contributed by atoms with Crippen LogP contribution < -0.4 is 10.6 Å². The first kappa shape index (κ1) is 19.4. The lowest BCUT2D eigenvalue weighted by molar-refractivity contribution is -0.122. The van der Waals surface area contributed by atoms with Gasteiger partial charge in [0, 0.05) is 43.1 Å². The highest BCUT2D eigenvalue weighted by molar-refractivity contribution is 5.98. The van der Waals surface area contributed by atoms with E-state index >= 15 is 0 Å². The molecule has 6 nitrogen and oxygen atoms in total. The van der Waals surface area contributed by atoms with Gasteiger partial charge in [-0.25, -0.2) is 0 Å². The first-order valence-corrected chi connectivity index (χ1v) is 10.0. The standard InChI is InChI=1S/C21H30N4O2/c1-3-11-22-20(26)15-24-12-9-17(10-13-24)23-21(27)19-14-16-7-5-6-8-18(16)25(19)4-2/h5-8,14,17H,3-4,9-13,15H2,1-2H3,(H,22,26)(H,23,27). The average Bonchev–Trinajstić information content (AvgIpc) is 3.06. The number of fused-ring (bicyclic) bond motifs is 1. The third-order valence-electron chi connectivity index (χ3n) is 5.22. The fourth-order valence-electron chi connectivity index (χ4n) is 3.76. The van der Waals surface area contributed by atoms with Crippen LogP contribution in [-0.4, -0.2) is 53.5 Å². The van der Waals surface area contributed by atoms with Crippen LogP contribution >= 0.6 is 0 Å². The van der Waals surface area contributed by atoms with E-state index < -0.39 is 0 Å². The van der Waals surface area contributed by atoms with Gasteiger partial charge in [0.2, 0.25) is 5.91 Å². The molecule has 0 saturated carbocycles. The predicted octanol–water partition coefficient (Wildman–Crippen LogP) is 2.38. The number of piperidine rings is 1. The van der Waals surface area contributed by atoms with E-state index in [4.69, 9.17) is 0 Å². The second kappa shape index (κ2) is 9.04. The van der Waals surface area contributed by atoms with Gasteiger partial charge in [-0.05, 0) is 38.3 Å². The maximum atomic E-state index is 12.8. The predicted molar refractivity (Wildman–Crippen MR) is 108 cm³/mol. The van der Waals surface area contributed by atoms with E-state index in [2.05, 4.69) is 33.1 Å². The van der Waals surface area contributed by atoms with Gasteiger partial charge in [-0.3, -0.25) is 14.5 Å². The number of hydrogen-bond acceptors (Lipinski definition) is 3. The first-order valence-electron chi connectivity index (χ1n) is 10.0. The van der Waals surface area contributed by atoms with E-state index in [0.29, 0.717) is 6.54 Å². The third kappa shape index (κ3) is 4.69. The summed E-state index contributed by atoms with van der Waals surface area (Å²) < 4.78 is 2.07. The molecule has 1 aromatic carbocycles. The summed E-state index contributed by atoms with van der Waals surface area (Å²) in [5.74, 6) is 0.0824. The zero-order valence-electron chi connectivity index (χ0n) is 16.3. The molecular weight excluding hydrogens is 340 g/mol. The van der Waals surface area contributed by atoms with Gasteiger partial charge in [0.25, 0.3) is 5.91 Å². The molecular formula is C21H30N4O2. The number of carbonyl (C=O) groups excluding carboxylic acids is 2. The largest absolute Gasteiger partial charge is 0.355 e. The molecule has 0 spiro atoms. The number of aromatic nitrogens is 1. The summed E-state index contributed by atoms with van der Waals surface area (Å²) in [6.45, 7) is 7.73. The molecule has 2 aromatic rings. The first-order chi connectivity index (χ1) is 13.1. The normalized spacial score (nSPS) is 15.8. The summed E-state index contributed by atoms with van der Waals surface area (Å²) in [6.07, 6.45) is 2.70. The monoisotopic (exact) mass is 370 g/mol. The van der Waals surface area contributed by atoms with Crippen molar-refractivity contribution in [2.24, 2.45) is 0 Å². The van der Waals surface area contributed by atoms with Crippen molar-refractivity contribution in [1.29, 1.82) is 0 Å². The van der Waals surface area contributed by atoms with Gasteiger partial charge < -0.3 is 15.2 Å². The smallest absolute Gasteiger partial charge is 0.268 e. The molecule has 1 aliphatic heterocycles. The van der Waals surface area contributed by atoms with Crippen LogP contribution in [0.3, 0.4) is 0 Å². The molecule has 0 bridgehead atoms. The van der Waals surface area contributed by atoms with Crippen LogP contribution in [0.1, 0.15) is 43.6 Å². The number of para-hydroxylation sites is 1. The Morgan fingerprint density at radius 2 is 1.89 bits per heavy atom. The highest BCUT2D eigenvalue weighted by Crippen LogP contribution is 2.20. The van der Waals surface area contributed by atoms with Crippen molar-refractivity contribution in [3.63, 3.8) is 0 Å². The third-order valence-corrected chi connectivity index (χ3v) is 5.22. The summed E-state index contributed by atoms with van der Waals surface area (Å²) in [4.78, 5) is 26.8. The van der Waals surface area contributed by atoms with Crippen LogP contribution in [0.15, 0.2) is 30.3 Å². The number of nitrogens with one attached hydrogen (secondary N) is 2. The molecule has 1 fully saturated rings. The summed E-state index contributed by atoms with van der Waals surface area (Å²) in [6, 6.07) is 10.2. The number of amides is 2. The Kier molecular flexibility index (Phi) is 6.50. The van der Waals surface area contributed by atoms with Gasteiger partial charge in [-0.1, -0.05) is 25.1 Å². The number of rotatable bonds is 7. The lowest BCUT2D eigenvalue weighted by Gasteiger charge is -2.31. The van der Waals surface area contributed by atoms with E-state index in [1.54, 1.807) is 0 Å². The van der Waals surface area contributed by atoms with Crippen LogP contribution in [0.5, 0.6) is 0 Å². The minimum absolute atomic E-state index is 0.00723. The Morgan fingerprint density at radius 1 is 1.15 bits per heavy atom. The molecule has 1 aliphatic rings. The van der Waals surface area contributed by atoms with E-state index in [-0.39, 0.29) is 17.9 Å². The summed E-state index contributed by atoms with van der Waals surface area (Å²) in [5.41, 5.74) is 1.82. The number of hydrogen-bond donors (Lipinski definition) is 2. The van der Waals surface area contributed by atoms with Gasteiger partial charge in [0.05, 0.1) is 6.54 Å². The number of benzene rings is 1. The van der Waals surface area contributed by atoms with Crippen molar-refractivity contribution in [3.8, 4) is 0 Å². The molecule has 27 heavy (non-hydrogen) atoms. The van der Waals surface area contributed by atoms with E-state index in [1.165, 1.54) is 0 Å². The average molecular weight is 370 g/mol. The molecule has 2 amide bonds. The van der Waals surface area contributed by atoms with Gasteiger partial charge >= 0.3 is 0 Å². The van der Waals surface area contributed by atoms with Crippen LogP contribution in [0, 0.1) is 0 Å². The van der Waals surface area contributed by atoms with Crippen molar-refractivity contribution < 1.29 is 9.59 Å². The minimum Gasteiger partial charge on any atom is -0.355 e. The van der Waals surface area contributed by atoms with Crippen molar-refractivity contribution in [2.75, 3.05) is 26.2 Å². The Morgan fingerprint density at radius 3 is 2.59 bits per heavy atom. The van der Waals surface area contributed by atoms with Crippen molar-refractivity contribution in [3.05, 3.63) is 36.0 Å². The second-order valence-electron chi connectivity index (χ2n) is 7.21. The molecule has 146 valence electrons. The zero-order valence-corrected chi connectivity index (χ0v) is 16.3. The molecule has 6 heteroatoms. The van der Waals surface area contributed by atoms with Crippen molar-refractivity contribution in [2.45, 2.75) is 45.7 Å². The minimum atomic E-state index is -0.00723. The fourth-order valence-corrected chi connectivity index (χ4v) is 3.76. The van der Waals surface area contributed by atoms with Crippen molar-refractivity contribution >= 4 is 22.7 Å². The summed E-state index contributed by atoms with van der Waals surface area (Å²) in [5, 5.41) is 7.20. The molecule has 0 aliphatic carbocycles. The van der Waals surface area contributed by atoms with E-state index in [1.807, 2.05) is 31.2 Å². The van der Waals surface area contributed by atoms with Gasteiger partial charge in [-0.15, -0.1) is 0 Å². The van der Waals surface area contributed by atoms with Crippen LogP contribution in [-0.2, 0) is 11.3 Å². The quantitative estimate of drug-likeness (QED) is 0.786. The van der Waals surface area contributed by atoms with Crippen LogP contribution in [0.4, 0.5) is 0 Å². The Bertz CT molecular complexity index is 791. The zero-order chi connectivity index (χ0) is 19.2. The van der Waals surface area contributed by atoms with E-state index in [0.717, 1.165) is 62.0 Å². The molecule has 0 unspecified atom stereocenters. The van der Waals surface area contributed by atoms with E-state index in [9.17, 15) is 9.59 Å². The maximum Gasteiger partial charge on any atom is 0.268 e. The number of likely N-dealkylation sites (tertiary alicyclic amines) is 1. The Balaban J connectivity index is 1.55. The number of aryl methyl sites for hydroxylation is 1. The Hall–Kier alpha value is -2.34. The lowest BCUT2D eigenvalue weighted by atomic mass is 10.0. The topological polar surface area (TPSA) is 66.4 Å². The molecule has 2 N–H and O–H groups in total. The SMILES string of the molecule is CCCNC(=O)CN1CCC(NC(=O)c2cc3ccccc3n2CC)CC1. The molecule has 2 heterocycles. The molecule has 0 radical (unpaired) electrons. The summed E-state index contributed by atoms with van der Waals surface area (Å²) in [7, 11) is 0. The lowest BCUT2D eigenvalue weighted by Crippen LogP contribution is -2.47. The molecule has 1 saturated heterocycles. The maximum absolute atomic E-state index is 12.8. The highest BCUT2D eigenvalue weighted by atomic mass is 16.2. The highest BCUT2D eigenvalue weighted by Gasteiger charge is 2.23. The number of nitrogens with zero attached hydrogens (tertiary/aromatic N) is 2. The van der Waals surface area contributed by atoms with Crippen molar-refractivity contribution in [1.82, 2.24) is 20.1 Å². The van der Waals surface area contributed by atoms with Gasteiger partial charge in [-0.2, -0.15) is 0 Å². The van der Waals surface area contributed by atoms with Gasteiger partial charge in [0.15, 0.2) is 0 Å². The second-order valence-corrected chi connectivity index (χ2v) is 7.21. The molecule has 0 atom stereocenters. The Labute approximate surface area is 160 Å². The molecule has 3 rings (SSSR count).